The van der Waals surface area contributed by atoms with Gasteiger partial charge in [-0.3, -0.25) is 0 Å². The number of fused-ring (bicyclic) bond motifs is 1. The van der Waals surface area contributed by atoms with Gasteiger partial charge in [0.2, 0.25) is 5.75 Å². The van der Waals surface area contributed by atoms with Crippen molar-refractivity contribution >= 4 is 11.0 Å². The van der Waals surface area contributed by atoms with Crippen molar-refractivity contribution in [3.05, 3.63) is 51.9 Å². The van der Waals surface area contributed by atoms with Crippen LogP contribution >= 0.6 is 0 Å². The molecule has 0 amide bonds. The molecule has 0 saturated carbocycles. The summed E-state index contributed by atoms with van der Waals surface area (Å²) < 4.78 is 15.8. The molecule has 2 rings (SSSR count). The van der Waals surface area contributed by atoms with Crippen molar-refractivity contribution in [3.8, 4) is 17.2 Å². The van der Waals surface area contributed by atoms with E-state index in [9.17, 15) is 9.90 Å². The quantitative estimate of drug-likeness (QED) is 0.588. The summed E-state index contributed by atoms with van der Waals surface area (Å²) in [4.78, 5) is 11.7. The van der Waals surface area contributed by atoms with E-state index in [0.717, 1.165) is 12.8 Å². The Morgan fingerprint density at radius 2 is 2.00 bits per heavy atom. The van der Waals surface area contributed by atoms with E-state index < -0.39 is 5.63 Å². The van der Waals surface area contributed by atoms with Crippen molar-refractivity contribution in [1.29, 1.82) is 0 Å². The average Bonchev–Trinajstić information content (AvgIpc) is 2.54. The number of aromatic hydroxyl groups is 1. The van der Waals surface area contributed by atoms with E-state index >= 15 is 0 Å². The molecule has 1 aromatic carbocycles. The largest absolute Gasteiger partial charge is 0.503 e. The van der Waals surface area contributed by atoms with Gasteiger partial charge in [-0.1, -0.05) is 23.3 Å². The standard InChI is InChI=1S/C20H24O5/c1-13(2)7-5-8-14(3)11-12-24-15-9-6-10-16-17(15)18(21)19(23-4)20(22)25-16/h6-7,9-11,21H,5,8,12H2,1-4H3/b14-11+. The highest BCUT2D eigenvalue weighted by atomic mass is 16.5. The Kier molecular flexibility index (Phi) is 6.28. The van der Waals surface area contributed by atoms with Gasteiger partial charge in [-0.2, -0.15) is 0 Å². The summed E-state index contributed by atoms with van der Waals surface area (Å²) in [6, 6.07) is 5.02. The summed E-state index contributed by atoms with van der Waals surface area (Å²) in [5.74, 6) is -0.0593. The van der Waals surface area contributed by atoms with Crippen LogP contribution in [0.2, 0.25) is 0 Å². The fourth-order valence-corrected chi connectivity index (χ4v) is 2.45. The number of methoxy groups -OCH3 is 1. The maximum absolute atomic E-state index is 11.7. The molecular formula is C20H24O5. The Bertz CT molecular complexity index is 854. The molecule has 134 valence electrons. The fourth-order valence-electron chi connectivity index (χ4n) is 2.45. The molecule has 0 saturated heterocycles. The van der Waals surface area contributed by atoms with Gasteiger partial charge < -0.3 is 19.0 Å². The molecule has 0 spiro atoms. The van der Waals surface area contributed by atoms with Crippen molar-refractivity contribution in [3.63, 3.8) is 0 Å². The Morgan fingerprint density at radius 1 is 1.24 bits per heavy atom. The van der Waals surface area contributed by atoms with Gasteiger partial charge in [-0.15, -0.1) is 0 Å². The Hall–Kier alpha value is -2.69. The molecule has 0 aliphatic heterocycles. The number of rotatable bonds is 7. The van der Waals surface area contributed by atoms with Gasteiger partial charge in [0.1, 0.15) is 23.3 Å². The van der Waals surface area contributed by atoms with Crippen LogP contribution in [0.4, 0.5) is 0 Å². The van der Waals surface area contributed by atoms with Crippen LogP contribution in [-0.4, -0.2) is 18.8 Å². The predicted molar refractivity (Wildman–Crippen MR) is 98.6 cm³/mol. The zero-order valence-electron chi connectivity index (χ0n) is 15.1. The molecule has 25 heavy (non-hydrogen) atoms. The van der Waals surface area contributed by atoms with Crippen molar-refractivity contribution in [1.82, 2.24) is 0 Å². The molecule has 0 bridgehead atoms. The Labute approximate surface area is 147 Å². The summed E-state index contributed by atoms with van der Waals surface area (Å²) >= 11 is 0. The molecule has 0 aliphatic rings. The maximum Gasteiger partial charge on any atom is 0.383 e. The molecule has 0 fully saturated rings. The molecule has 5 nitrogen and oxygen atoms in total. The lowest BCUT2D eigenvalue weighted by Gasteiger charge is -2.10. The van der Waals surface area contributed by atoms with Crippen LogP contribution in [0, 0.1) is 0 Å². The monoisotopic (exact) mass is 344 g/mol. The first-order valence-electron chi connectivity index (χ1n) is 8.18. The number of allylic oxidation sites excluding steroid dienone is 3. The minimum absolute atomic E-state index is 0.225. The highest BCUT2D eigenvalue weighted by Gasteiger charge is 2.17. The molecule has 1 heterocycles. The second-order valence-electron chi connectivity index (χ2n) is 6.08. The lowest BCUT2D eigenvalue weighted by molar-refractivity contribution is 0.344. The summed E-state index contributed by atoms with van der Waals surface area (Å²) in [6.45, 7) is 6.59. The summed E-state index contributed by atoms with van der Waals surface area (Å²) in [6.07, 6.45) is 6.18. The smallest absolute Gasteiger partial charge is 0.383 e. The number of hydrogen-bond acceptors (Lipinski definition) is 5. The first kappa shape index (κ1) is 18.6. The zero-order valence-corrected chi connectivity index (χ0v) is 15.1. The van der Waals surface area contributed by atoms with Gasteiger partial charge in [-0.05, 0) is 51.8 Å². The van der Waals surface area contributed by atoms with Crippen LogP contribution in [-0.2, 0) is 0 Å². The SMILES string of the molecule is COc1c(O)c2c(OC/C=C(\C)CCC=C(C)C)cccc2oc1=O. The minimum atomic E-state index is -0.723. The van der Waals surface area contributed by atoms with Crippen LogP contribution in [0.5, 0.6) is 17.2 Å². The molecule has 2 aromatic rings. The van der Waals surface area contributed by atoms with Crippen molar-refractivity contribution in [2.45, 2.75) is 33.6 Å². The molecular weight excluding hydrogens is 320 g/mol. The fraction of sp³-hybridized carbons (Fsp3) is 0.350. The molecule has 0 atom stereocenters. The molecule has 0 unspecified atom stereocenters. The third kappa shape index (κ3) is 4.66. The molecule has 0 aliphatic carbocycles. The van der Waals surface area contributed by atoms with Crippen LogP contribution in [0.1, 0.15) is 33.6 Å². The van der Waals surface area contributed by atoms with Gasteiger partial charge in [0.25, 0.3) is 0 Å². The first-order chi connectivity index (χ1) is 11.9. The van der Waals surface area contributed by atoms with E-state index in [1.165, 1.54) is 18.3 Å². The van der Waals surface area contributed by atoms with E-state index in [4.69, 9.17) is 13.9 Å². The molecule has 0 radical (unpaired) electrons. The lowest BCUT2D eigenvalue weighted by Crippen LogP contribution is -2.05. The summed E-state index contributed by atoms with van der Waals surface area (Å²) in [5.41, 5.74) is 2.07. The Morgan fingerprint density at radius 3 is 2.68 bits per heavy atom. The average molecular weight is 344 g/mol. The van der Waals surface area contributed by atoms with Gasteiger partial charge >= 0.3 is 5.63 Å². The highest BCUT2D eigenvalue weighted by Crippen LogP contribution is 2.37. The number of ether oxygens (including phenoxy) is 2. The van der Waals surface area contributed by atoms with E-state index in [2.05, 4.69) is 26.8 Å². The number of benzene rings is 1. The minimum Gasteiger partial charge on any atom is -0.503 e. The van der Waals surface area contributed by atoms with Gasteiger partial charge in [0.15, 0.2) is 5.75 Å². The predicted octanol–water partition coefficient (Wildman–Crippen LogP) is 4.58. The van der Waals surface area contributed by atoms with E-state index in [1.54, 1.807) is 18.2 Å². The highest BCUT2D eigenvalue weighted by molar-refractivity contribution is 5.91. The van der Waals surface area contributed by atoms with E-state index in [1.807, 2.05) is 6.08 Å². The third-order valence-electron chi connectivity index (χ3n) is 3.79. The molecule has 1 aromatic heterocycles. The Balaban J connectivity index is 2.19. The second-order valence-corrected chi connectivity index (χ2v) is 6.08. The maximum atomic E-state index is 11.7. The summed E-state index contributed by atoms with van der Waals surface area (Å²) in [7, 11) is 1.31. The lowest BCUT2D eigenvalue weighted by atomic mass is 10.1. The van der Waals surface area contributed by atoms with Crippen LogP contribution < -0.4 is 15.1 Å². The van der Waals surface area contributed by atoms with Gasteiger partial charge in [0.05, 0.1) is 7.11 Å². The van der Waals surface area contributed by atoms with E-state index in [0.29, 0.717) is 17.7 Å². The van der Waals surface area contributed by atoms with Gasteiger partial charge in [-0.25, -0.2) is 4.79 Å². The topological polar surface area (TPSA) is 68.9 Å². The van der Waals surface area contributed by atoms with Crippen molar-refractivity contribution < 1.29 is 19.0 Å². The molecule has 5 heteroatoms. The number of hydrogen-bond donors (Lipinski definition) is 1. The van der Waals surface area contributed by atoms with E-state index in [-0.39, 0.29) is 17.1 Å². The van der Waals surface area contributed by atoms with Crippen molar-refractivity contribution in [2.24, 2.45) is 0 Å². The second kappa shape index (κ2) is 8.42. The van der Waals surface area contributed by atoms with Gasteiger partial charge in [0, 0.05) is 0 Å². The zero-order chi connectivity index (χ0) is 18.4. The van der Waals surface area contributed by atoms with Crippen molar-refractivity contribution in [2.75, 3.05) is 13.7 Å². The van der Waals surface area contributed by atoms with Crippen LogP contribution in [0.25, 0.3) is 11.0 Å². The molecule has 1 N–H and O–H groups in total. The normalized spacial score (nSPS) is 11.4. The summed E-state index contributed by atoms with van der Waals surface area (Å²) in [5, 5.41) is 10.6. The third-order valence-corrected chi connectivity index (χ3v) is 3.79. The van der Waals surface area contributed by atoms with Crippen LogP contribution in [0.3, 0.4) is 0 Å². The van der Waals surface area contributed by atoms with Crippen LogP contribution in [0.15, 0.2) is 50.7 Å². The first-order valence-corrected chi connectivity index (χ1v) is 8.18.